The fourth-order valence-corrected chi connectivity index (χ4v) is 1.57. The van der Waals surface area contributed by atoms with Gasteiger partial charge in [-0.05, 0) is 40.0 Å². The smallest absolute Gasteiger partial charge is 0.437 e. The molecule has 0 unspecified atom stereocenters. The van der Waals surface area contributed by atoms with Crippen LogP contribution >= 0.6 is 0 Å². The van der Waals surface area contributed by atoms with Crippen molar-refractivity contribution in [2.24, 2.45) is 10.7 Å². The molecule has 1 rings (SSSR count). The summed E-state index contributed by atoms with van der Waals surface area (Å²) in [6.07, 6.45) is 2.81. The van der Waals surface area contributed by atoms with E-state index in [-0.39, 0.29) is 5.96 Å². The van der Waals surface area contributed by atoms with Crippen LogP contribution in [-0.4, -0.2) is 35.6 Å². The molecule has 5 nitrogen and oxygen atoms in total. The van der Waals surface area contributed by atoms with Crippen molar-refractivity contribution in [3.63, 3.8) is 0 Å². The third kappa shape index (κ3) is 4.51. The highest BCUT2D eigenvalue weighted by Gasteiger charge is 2.18. The molecule has 1 aliphatic heterocycles. The zero-order chi connectivity index (χ0) is 12.2. The first kappa shape index (κ1) is 12.8. The minimum Gasteiger partial charge on any atom is -0.442 e. The average Bonchev–Trinajstić information content (AvgIpc) is 2.16. The first-order valence-electron chi connectivity index (χ1n) is 5.70. The first-order valence-corrected chi connectivity index (χ1v) is 5.70. The number of hydrogen-bond donors (Lipinski definition) is 1. The van der Waals surface area contributed by atoms with Gasteiger partial charge in [0.25, 0.3) is 0 Å². The number of rotatable bonds is 0. The van der Waals surface area contributed by atoms with Gasteiger partial charge in [-0.2, -0.15) is 0 Å². The first-order chi connectivity index (χ1) is 7.38. The van der Waals surface area contributed by atoms with Crippen molar-refractivity contribution in [3.05, 3.63) is 0 Å². The minimum atomic E-state index is -0.615. The Hall–Kier alpha value is -1.26. The van der Waals surface area contributed by atoms with E-state index < -0.39 is 11.7 Å². The Morgan fingerprint density at radius 2 is 1.81 bits per heavy atom. The van der Waals surface area contributed by atoms with Gasteiger partial charge < -0.3 is 15.4 Å². The minimum absolute atomic E-state index is 0.272. The zero-order valence-corrected chi connectivity index (χ0v) is 10.3. The summed E-state index contributed by atoms with van der Waals surface area (Å²) < 4.78 is 5.07. The molecule has 0 saturated carbocycles. The summed E-state index contributed by atoms with van der Waals surface area (Å²) in [4.78, 5) is 17.1. The van der Waals surface area contributed by atoms with Crippen LogP contribution < -0.4 is 5.73 Å². The number of hydrogen-bond acceptors (Lipinski definition) is 2. The summed E-state index contributed by atoms with van der Waals surface area (Å²) in [6.45, 7) is 7.16. The lowest BCUT2D eigenvalue weighted by atomic mass is 10.1. The second-order valence-corrected chi connectivity index (χ2v) is 5.00. The topological polar surface area (TPSA) is 67.9 Å². The monoisotopic (exact) mass is 227 g/mol. The molecule has 0 spiro atoms. The molecule has 1 saturated heterocycles. The lowest BCUT2D eigenvalue weighted by Gasteiger charge is -2.27. The summed E-state index contributed by atoms with van der Waals surface area (Å²) in [5, 5.41) is 0. The van der Waals surface area contributed by atoms with E-state index in [1.54, 1.807) is 20.8 Å². The second kappa shape index (κ2) is 5.18. The molecule has 0 aromatic rings. The maximum absolute atomic E-state index is 11.4. The summed E-state index contributed by atoms with van der Waals surface area (Å²) in [5.41, 5.74) is 5.22. The lowest BCUT2D eigenvalue weighted by Crippen LogP contribution is -2.41. The van der Waals surface area contributed by atoms with Gasteiger partial charge in [-0.3, -0.25) is 0 Å². The molecular formula is C11H21N3O2. The quantitative estimate of drug-likeness (QED) is 0.505. The molecule has 0 aromatic heterocycles. The van der Waals surface area contributed by atoms with Crippen LogP contribution in [0.25, 0.3) is 0 Å². The zero-order valence-electron chi connectivity index (χ0n) is 10.3. The van der Waals surface area contributed by atoms with Crippen LogP contribution in [0.5, 0.6) is 0 Å². The molecule has 0 radical (unpaired) electrons. The van der Waals surface area contributed by atoms with Gasteiger partial charge >= 0.3 is 6.09 Å². The van der Waals surface area contributed by atoms with Crippen molar-refractivity contribution in [1.29, 1.82) is 0 Å². The van der Waals surface area contributed by atoms with Gasteiger partial charge in [0.2, 0.25) is 5.96 Å². The number of nitrogens with two attached hydrogens (primary N) is 1. The number of carbonyl (C=O) groups excluding carboxylic acids is 1. The van der Waals surface area contributed by atoms with E-state index in [0.29, 0.717) is 0 Å². The van der Waals surface area contributed by atoms with E-state index in [0.717, 1.165) is 25.9 Å². The Balaban J connectivity index is 2.51. The molecule has 0 bridgehead atoms. The number of nitrogens with zero attached hydrogens (tertiary/aromatic N) is 2. The van der Waals surface area contributed by atoms with E-state index in [1.807, 2.05) is 4.90 Å². The summed E-state index contributed by atoms with van der Waals surface area (Å²) in [5.74, 6) is 0.272. The van der Waals surface area contributed by atoms with Gasteiger partial charge in [0.1, 0.15) is 5.60 Å². The largest absolute Gasteiger partial charge is 0.442 e. The fraction of sp³-hybridized carbons (Fsp3) is 0.818. The Bertz CT molecular complexity index is 275. The van der Waals surface area contributed by atoms with E-state index in [2.05, 4.69) is 4.99 Å². The standard InChI is InChI=1S/C11H21N3O2/c1-11(2,3)16-10(15)13-9(12)14-7-5-4-6-8-14/h4-8H2,1-3H3,(H2,12,13,15). The molecule has 1 fully saturated rings. The number of likely N-dealkylation sites (tertiary alicyclic amines) is 1. The number of ether oxygens (including phenoxy) is 1. The number of amides is 1. The summed E-state index contributed by atoms with van der Waals surface area (Å²) in [7, 11) is 0. The van der Waals surface area contributed by atoms with Crippen molar-refractivity contribution < 1.29 is 9.53 Å². The van der Waals surface area contributed by atoms with E-state index in [4.69, 9.17) is 10.5 Å². The van der Waals surface area contributed by atoms with E-state index >= 15 is 0 Å². The second-order valence-electron chi connectivity index (χ2n) is 5.00. The molecule has 0 aliphatic carbocycles. The van der Waals surface area contributed by atoms with Gasteiger partial charge in [-0.1, -0.05) is 0 Å². The molecule has 16 heavy (non-hydrogen) atoms. The van der Waals surface area contributed by atoms with Crippen LogP contribution in [0.3, 0.4) is 0 Å². The predicted molar refractivity (Wildman–Crippen MR) is 63.3 cm³/mol. The third-order valence-electron chi connectivity index (χ3n) is 2.28. The van der Waals surface area contributed by atoms with Crippen LogP contribution in [0, 0.1) is 0 Å². The van der Waals surface area contributed by atoms with E-state index in [9.17, 15) is 4.79 Å². The van der Waals surface area contributed by atoms with Crippen LogP contribution in [0.2, 0.25) is 0 Å². The number of guanidine groups is 1. The summed E-state index contributed by atoms with van der Waals surface area (Å²) >= 11 is 0. The van der Waals surface area contributed by atoms with E-state index in [1.165, 1.54) is 6.42 Å². The highest BCUT2D eigenvalue weighted by atomic mass is 16.6. The third-order valence-corrected chi connectivity index (χ3v) is 2.28. The van der Waals surface area contributed by atoms with Gasteiger partial charge in [0.05, 0.1) is 0 Å². The van der Waals surface area contributed by atoms with Crippen LogP contribution in [0.1, 0.15) is 40.0 Å². The Labute approximate surface area is 96.7 Å². The maximum atomic E-state index is 11.4. The molecule has 1 amide bonds. The van der Waals surface area contributed by atoms with Gasteiger partial charge in [0.15, 0.2) is 0 Å². The Morgan fingerprint density at radius 1 is 1.25 bits per heavy atom. The van der Waals surface area contributed by atoms with Crippen molar-refractivity contribution in [3.8, 4) is 0 Å². The van der Waals surface area contributed by atoms with Gasteiger partial charge in [-0.15, -0.1) is 4.99 Å². The molecule has 0 aromatic carbocycles. The lowest BCUT2D eigenvalue weighted by molar-refractivity contribution is 0.0601. The Morgan fingerprint density at radius 3 is 2.31 bits per heavy atom. The Kier molecular flexibility index (Phi) is 4.15. The van der Waals surface area contributed by atoms with Crippen LogP contribution in [-0.2, 0) is 4.74 Å². The fourth-order valence-electron chi connectivity index (χ4n) is 1.57. The maximum Gasteiger partial charge on any atom is 0.437 e. The molecule has 1 aliphatic rings. The molecule has 0 atom stereocenters. The van der Waals surface area contributed by atoms with Crippen LogP contribution in [0.4, 0.5) is 4.79 Å². The van der Waals surface area contributed by atoms with Crippen LogP contribution in [0.15, 0.2) is 4.99 Å². The van der Waals surface area contributed by atoms with Crippen molar-refractivity contribution in [2.75, 3.05) is 13.1 Å². The molecule has 5 heteroatoms. The number of carbonyl (C=O) groups is 1. The molecule has 2 N–H and O–H groups in total. The normalized spacial score (nSPS) is 18.4. The summed E-state index contributed by atoms with van der Waals surface area (Å²) in [6, 6.07) is 0. The average molecular weight is 227 g/mol. The molecule has 92 valence electrons. The molecule has 1 heterocycles. The van der Waals surface area contributed by atoms with Gasteiger partial charge in [0, 0.05) is 13.1 Å². The number of piperidine rings is 1. The van der Waals surface area contributed by atoms with Crippen molar-refractivity contribution in [2.45, 2.75) is 45.6 Å². The molecular weight excluding hydrogens is 206 g/mol. The predicted octanol–water partition coefficient (Wildman–Crippen LogP) is 1.72. The highest BCUT2D eigenvalue weighted by molar-refractivity contribution is 5.89. The number of aliphatic imine (C=N–C) groups is 1. The highest BCUT2D eigenvalue weighted by Crippen LogP contribution is 2.10. The van der Waals surface area contributed by atoms with Crippen molar-refractivity contribution >= 4 is 12.1 Å². The SMILES string of the molecule is CC(C)(C)OC(=O)N=C(N)N1CCCCC1. The van der Waals surface area contributed by atoms with Crippen molar-refractivity contribution in [1.82, 2.24) is 4.90 Å². The van der Waals surface area contributed by atoms with Gasteiger partial charge in [-0.25, -0.2) is 4.79 Å².